The molecule has 0 N–H and O–H groups in total. The van der Waals surface area contributed by atoms with E-state index >= 15 is 0 Å². The van der Waals surface area contributed by atoms with Crippen molar-refractivity contribution in [1.82, 2.24) is 9.80 Å². The van der Waals surface area contributed by atoms with Crippen LogP contribution >= 0.6 is 11.6 Å². The van der Waals surface area contributed by atoms with Crippen LogP contribution in [0.2, 0.25) is 5.02 Å². The minimum Gasteiger partial charge on any atom is -0.488 e. The predicted octanol–water partition coefficient (Wildman–Crippen LogP) is 2.59. The van der Waals surface area contributed by atoms with Gasteiger partial charge in [0.2, 0.25) is 5.91 Å². The van der Waals surface area contributed by atoms with Gasteiger partial charge < -0.3 is 14.5 Å². The largest absolute Gasteiger partial charge is 0.488 e. The molecule has 1 heterocycles. The van der Waals surface area contributed by atoms with Gasteiger partial charge in [-0.1, -0.05) is 11.6 Å². The molecular formula is C16H16ClF3N2O3. The molecule has 2 amide bonds. The van der Waals surface area contributed by atoms with E-state index in [1.165, 1.54) is 20.2 Å². The van der Waals surface area contributed by atoms with Gasteiger partial charge >= 0.3 is 6.18 Å². The second-order valence-corrected chi connectivity index (χ2v) is 6.14. The zero-order valence-electron chi connectivity index (χ0n) is 13.6. The average molecular weight is 377 g/mol. The Kier molecular flexibility index (Phi) is 5.62. The third-order valence-corrected chi connectivity index (χ3v) is 3.68. The number of benzene rings is 1. The lowest BCUT2D eigenvalue weighted by atomic mass is 10.1. The SMILES string of the molecule is CN(C)C(=O)CN(CC(F)(F)F)C(=O)C1=Cc2cc(Cl)ccc2OC1. The summed E-state index contributed by atoms with van der Waals surface area (Å²) in [6.07, 6.45) is -3.20. The van der Waals surface area contributed by atoms with Gasteiger partial charge in [0, 0.05) is 24.7 Å². The van der Waals surface area contributed by atoms with Gasteiger partial charge in [0.15, 0.2) is 0 Å². The Hall–Kier alpha value is -2.22. The van der Waals surface area contributed by atoms with Gasteiger partial charge in [-0.05, 0) is 24.3 Å². The van der Waals surface area contributed by atoms with Gasteiger partial charge in [-0.25, -0.2) is 0 Å². The summed E-state index contributed by atoms with van der Waals surface area (Å²) in [5.74, 6) is -1.04. The molecule has 0 saturated carbocycles. The molecule has 5 nitrogen and oxygen atoms in total. The van der Waals surface area contributed by atoms with Crippen molar-refractivity contribution in [2.24, 2.45) is 0 Å². The van der Waals surface area contributed by atoms with Crippen LogP contribution in [0.25, 0.3) is 6.08 Å². The van der Waals surface area contributed by atoms with Crippen LogP contribution in [0.3, 0.4) is 0 Å². The molecular weight excluding hydrogens is 361 g/mol. The first-order valence-corrected chi connectivity index (χ1v) is 7.64. The monoisotopic (exact) mass is 376 g/mol. The molecule has 1 aliphatic heterocycles. The molecule has 25 heavy (non-hydrogen) atoms. The van der Waals surface area contributed by atoms with Crippen LogP contribution in [-0.2, 0) is 9.59 Å². The molecule has 9 heteroatoms. The molecule has 1 aromatic rings. The maximum absolute atomic E-state index is 12.8. The zero-order valence-corrected chi connectivity index (χ0v) is 14.3. The topological polar surface area (TPSA) is 49.9 Å². The molecule has 1 aromatic carbocycles. The van der Waals surface area contributed by atoms with E-state index in [4.69, 9.17) is 16.3 Å². The molecule has 1 aliphatic rings. The molecule has 2 rings (SSSR count). The van der Waals surface area contributed by atoms with E-state index in [9.17, 15) is 22.8 Å². The van der Waals surface area contributed by atoms with Crippen molar-refractivity contribution in [2.45, 2.75) is 6.18 Å². The quantitative estimate of drug-likeness (QED) is 0.811. The van der Waals surface area contributed by atoms with Gasteiger partial charge in [0.25, 0.3) is 5.91 Å². The standard InChI is InChI=1S/C16H16ClF3N2O3/c1-21(2)14(23)7-22(9-16(18,19)20)15(24)11-5-10-6-12(17)3-4-13(10)25-8-11/h3-6H,7-9H2,1-2H3. The van der Waals surface area contributed by atoms with Crippen LogP contribution in [0.15, 0.2) is 23.8 Å². The second kappa shape index (κ2) is 7.35. The number of alkyl halides is 3. The summed E-state index contributed by atoms with van der Waals surface area (Å²) in [6.45, 7) is -2.38. The third kappa shape index (κ3) is 5.12. The number of hydrogen-bond donors (Lipinski definition) is 0. The van der Waals surface area contributed by atoms with Crippen LogP contribution in [-0.4, -0.2) is 61.6 Å². The van der Waals surface area contributed by atoms with Crippen LogP contribution in [0, 0.1) is 0 Å². The van der Waals surface area contributed by atoms with Gasteiger partial charge in [0.1, 0.15) is 25.4 Å². The minimum atomic E-state index is -4.63. The van der Waals surface area contributed by atoms with Crippen molar-refractivity contribution in [3.63, 3.8) is 0 Å². The summed E-state index contributed by atoms with van der Waals surface area (Å²) >= 11 is 5.88. The lowest BCUT2D eigenvalue weighted by Crippen LogP contribution is -2.46. The Morgan fingerprint density at radius 3 is 2.56 bits per heavy atom. The highest BCUT2D eigenvalue weighted by atomic mass is 35.5. The number of halogens is 4. The third-order valence-electron chi connectivity index (χ3n) is 3.44. The van der Waals surface area contributed by atoms with Gasteiger partial charge in [-0.2, -0.15) is 13.2 Å². The molecule has 0 fully saturated rings. The number of rotatable bonds is 4. The average Bonchev–Trinajstić information content (AvgIpc) is 2.51. The second-order valence-electron chi connectivity index (χ2n) is 5.70. The van der Waals surface area contributed by atoms with Crippen molar-refractivity contribution in [3.8, 4) is 5.75 Å². The molecule has 0 saturated heterocycles. The van der Waals surface area contributed by atoms with Crippen molar-refractivity contribution < 1.29 is 27.5 Å². The molecule has 0 unspecified atom stereocenters. The van der Waals surface area contributed by atoms with E-state index in [1.807, 2.05) is 0 Å². The first kappa shape index (κ1) is 19.1. The number of carbonyl (C=O) groups is 2. The number of ether oxygens (including phenoxy) is 1. The van der Waals surface area contributed by atoms with E-state index in [0.717, 1.165) is 4.90 Å². The summed E-state index contributed by atoms with van der Waals surface area (Å²) in [5.41, 5.74) is 0.513. The highest BCUT2D eigenvalue weighted by Crippen LogP contribution is 2.30. The molecule has 0 bridgehead atoms. The highest BCUT2D eigenvalue weighted by molar-refractivity contribution is 6.30. The zero-order chi connectivity index (χ0) is 18.8. The summed E-state index contributed by atoms with van der Waals surface area (Å²) in [6, 6.07) is 4.76. The number of amides is 2. The van der Waals surface area contributed by atoms with Crippen molar-refractivity contribution in [3.05, 3.63) is 34.4 Å². The molecule has 0 spiro atoms. The molecule has 0 radical (unpaired) electrons. The fourth-order valence-electron chi connectivity index (χ4n) is 2.20. The summed E-state index contributed by atoms with van der Waals surface area (Å²) < 4.78 is 43.8. The van der Waals surface area contributed by atoms with Crippen molar-refractivity contribution >= 4 is 29.5 Å². The Morgan fingerprint density at radius 2 is 1.96 bits per heavy atom. The van der Waals surface area contributed by atoms with E-state index in [0.29, 0.717) is 21.2 Å². The van der Waals surface area contributed by atoms with Crippen LogP contribution in [0.5, 0.6) is 5.75 Å². The summed E-state index contributed by atoms with van der Waals surface area (Å²) in [4.78, 5) is 25.9. The Balaban J connectivity index is 2.27. The molecule has 136 valence electrons. The Bertz CT molecular complexity index is 717. The molecule has 0 atom stereocenters. The maximum atomic E-state index is 12.8. The molecule has 0 aliphatic carbocycles. The fourth-order valence-corrected chi connectivity index (χ4v) is 2.38. The van der Waals surface area contributed by atoms with E-state index in [-0.39, 0.29) is 12.2 Å². The summed E-state index contributed by atoms with van der Waals surface area (Å²) in [7, 11) is 2.81. The number of fused-ring (bicyclic) bond motifs is 1. The van der Waals surface area contributed by atoms with Crippen LogP contribution < -0.4 is 4.74 Å². The van der Waals surface area contributed by atoms with E-state index in [1.54, 1.807) is 18.2 Å². The maximum Gasteiger partial charge on any atom is 0.406 e. The summed E-state index contributed by atoms with van der Waals surface area (Å²) in [5, 5.41) is 0.405. The fraction of sp³-hybridized carbons (Fsp3) is 0.375. The number of nitrogens with zero attached hydrogens (tertiary/aromatic N) is 2. The Morgan fingerprint density at radius 1 is 1.28 bits per heavy atom. The predicted molar refractivity (Wildman–Crippen MR) is 86.3 cm³/mol. The lowest BCUT2D eigenvalue weighted by molar-refractivity contribution is -0.162. The van der Waals surface area contributed by atoms with Gasteiger partial charge in [0.05, 0.1) is 5.57 Å². The number of hydrogen-bond acceptors (Lipinski definition) is 3. The van der Waals surface area contributed by atoms with Gasteiger partial charge in [-0.3, -0.25) is 9.59 Å². The van der Waals surface area contributed by atoms with Gasteiger partial charge in [-0.15, -0.1) is 0 Å². The van der Waals surface area contributed by atoms with E-state index in [2.05, 4.69) is 0 Å². The lowest BCUT2D eigenvalue weighted by Gasteiger charge is -2.27. The first-order valence-electron chi connectivity index (χ1n) is 7.26. The minimum absolute atomic E-state index is 0.0190. The first-order chi connectivity index (χ1) is 11.6. The highest BCUT2D eigenvalue weighted by Gasteiger charge is 2.35. The van der Waals surface area contributed by atoms with Crippen LogP contribution in [0.4, 0.5) is 13.2 Å². The van der Waals surface area contributed by atoms with Crippen LogP contribution in [0.1, 0.15) is 5.56 Å². The molecule has 0 aromatic heterocycles. The van der Waals surface area contributed by atoms with Crippen molar-refractivity contribution in [2.75, 3.05) is 33.8 Å². The number of likely N-dealkylation sites (N-methyl/N-ethyl adjacent to an activating group) is 1. The van der Waals surface area contributed by atoms with Crippen molar-refractivity contribution in [1.29, 1.82) is 0 Å². The van der Waals surface area contributed by atoms with E-state index < -0.39 is 31.1 Å². The Labute approximate surface area is 147 Å². The number of carbonyl (C=O) groups excluding carboxylic acids is 2. The smallest absolute Gasteiger partial charge is 0.406 e. The normalized spacial score (nSPS) is 13.4.